The number of aromatic nitrogens is 2. The minimum Gasteiger partial charge on any atom is -0.313 e. The third-order valence-electron chi connectivity index (χ3n) is 3.93. The van der Waals surface area contributed by atoms with Gasteiger partial charge in [0.05, 0.1) is 11.0 Å². The van der Waals surface area contributed by atoms with Crippen molar-refractivity contribution in [1.82, 2.24) is 15.3 Å². The highest BCUT2D eigenvalue weighted by Crippen LogP contribution is 2.39. The largest absolute Gasteiger partial charge is 0.323 e. The number of benzene rings is 1. The Morgan fingerprint density at radius 1 is 1.32 bits per heavy atom. The number of aromatic amines is 2. The number of nitrogens with one attached hydrogen (secondary N) is 3. The standard InChI is InChI=1S/C14H20BrN3O/c1-5-14(2,3)12(16-4)8-6-10-11(7-9(8)15)18-13(19)17-10/h6-7,12,16H,5H2,1-4H3,(H2,17,18,19). The molecule has 0 saturated heterocycles. The van der Waals surface area contributed by atoms with Crippen molar-refractivity contribution in [3.63, 3.8) is 0 Å². The molecule has 0 aliphatic heterocycles. The summed E-state index contributed by atoms with van der Waals surface area (Å²) in [4.78, 5) is 17.0. The van der Waals surface area contributed by atoms with Crippen LogP contribution in [-0.4, -0.2) is 17.0 Å². The number of rotatable bonds is 4. The van der Waals surface area contributed by atoms with Gasteiger partial charge in [-0.25, -0.2) is 4.79 Å². The summed E-state index contributed by atoms with van der Waals surface area (Å²) in [6, 6.07) is 4.21. The minimum atomic E-state index is -0.171. The lowest BCUT2D eigenvalue weighted by atomic mass is 9.78. The zero-order valence-corrected chi connectivity index (χ0v) is 13.3. The molecule has 4 nitrogen and oxygen atoms in total. The maximum Gasteiger partial charge on any atom is 0.323 e. The van der Waals surface area contributed by atoms with E-state index >= 15 is 0 Å². The van der Waals surface area contributed by atoms with Crippen molar-refractivity contribution < 1.29 is 0 Å². The molecule has 5 heteroatoms. The highest BCUT2D eigenvalue weighted by molar-refractivity contribution is 9.10. The van der Waals surface area contributed by atoms with Gasteiger partial charge in [-0.05, 0) is 36.6 Å². The zero-order chi connectivity index (χ0) is 14.2. The van der Waals surface area contributed by atoms with E-state index in [2.05, 4.69) is 52.0 Å². The maximum absolute atomic E-state index is 11.4. The Bertz CT molecular complexity index is 642. The number of imidazole rings is 1. The molecule has 2 aromatic rings. The quantitative estimate of drug-likeness (QED) is 0.807. The van der Waals surface area contributed by atoms with E-state index in [0.29, 0.717) is 0 Å². The van der Waals surface area contributed by atoms with Gasteiger partial charge in [0.2, 0.25) is 0 Å². The molecule has 1 unspecified atom stereocenters. The van der Waals surface area contributed by atoms with E-state index in [4.69, 9.17) is 0 Å². The van der Waals surface area contributed by atoms with Gasteiger partial charge in [0.25, 0.3) is 0 Å². The predicted octanol–water partition coefficient (Wildman–Crippen LogP) is 3.32. The second-order valence-electron chi connectivity index (χ2n) is 5.56. The molecule has 1 heterocycles. The van der Waals surface area contributed by atoms with Gasteiger partial charge in [0, 0.05) is 10.5 Å². The van der Waals surface area contributed by atoms with Crippen LogP contribution in [-0.2, 0) is 0 Å². The Kier molecular flexibility index (Phi) is 3.87. The number of H-pyrrole nitrogens is 2. The molecule has 1 aromatic carbocycles. The molecule has 0 radical (unpaired) electrons. The average Bonchev–Trinajstić information content (AvgIpc) is 2.69. The second-order valence-corrected chi connectivity index (χ2v) is 6.42. The Balaban J connectivity index is 2.59. The minimum absolute atomic E-state index is 0.127. The van der Waals surface area contributed by atoms with Crippen LogP contribution in [0.5, 0.6) is 0 Å². The molecular formula is C14H20BrN3O. The molecule has 2 rings (SSSR count). The highest BCUT2D eigenvalue weighted by atomic mass is 79.9. The first-order chi connectivity index (χ1) is 8.89. The van der Waals surface area contributed by atoms with Gasteiger partial charge in [0.15, 0.2) is 0 Å². The lowest BCUT2D eigenvalue weighted by Crippen LogP contribution is -2.31. The third kappa shape index (κ3) is 2.62. The molecular weight excluding hydrogens is 306 g/mol. The summed E-state index contributed by atoms with van der Waals surface area (Å²) in [5, 5.41) is 3.39. The van der Waals surface area contributed by atoms with Gasteiger partial charge < -0.3 is 15.3 Å². The summed E-state index contributed by atoms with van der Waals surface area (Å²) in [5.41, 5.74) is 2.79. The van der Waals surface area contributed by atoms with Crippen molar-refractivity contribution in [2.75, 3.05) is 7.05 Å². The van der Waals surface area contributed by atoms with E-state index in [9.17, 15) is 4.79 Å². The van der Waals surface area contributed by atoms with E-state index in [1.54, 1.807) is 0 Å². The van der Waals surface area contributed by atoms with Crippen LogP contribution >= 0.6 is 15.9 Å². The summed E-state index contributed by atoms with van der Waals surface area (Å²) in [6.45, 7) is 6.67. The highest BCUT2D eigenvalue weighted by Gasteiger charge is 2.29. The molecule has 1 aromatic heterocycles. The third-order valence-corrected chi connectivity index (χ3v) is 4.61. The number of fused-ring (bicyclic) bond motifs is 1. The molecule has 0 aliphatic carbocycles. The molecule has 1 atom stereocenters. The van der Waals surface area contributed by atoms with Crippen LogP contribution in [0.2, 0.25) is 0 Å². The summed E-state index contributed by atoms with van der Waals surface area (Å²) < 4.78 is 1.01. The van der Waals surface area contributed by atoms with E-state index in [-0.39, 0.29) is 17.1 Å². The first-order valence-corrected chi connectivity index (χ1v) is 7.27. The molecule has 0 amide bonds. The predicted molar refractivity (Wildman–Crippen MR) is 82.5 cm³/mol. The van der Waals surface area contributed by atoms with Gasteiger partial charge in [-0.3, -0.25) is 0 Å². The van der Waals surface area contributed by atoms with Gasteiger partial charge in [-0.1, -0.05) is 36.7 Å². The van der Waals surface area contributed by atoms with Gasteiger partial charge in [0.1, 0.15) is 0 Å². The first kappa shape index (κ1) is 14.3. The summed E-state index contributed by atoms with van der Waals surface area (Å²) in [6.07, 6.45) is 1.06. The Hall–Kier alpha value is -1.07. The lowest BCUT2D eigenvalue weighted by Gasteiger charge is -2.34. The van der Waals surface area contributed by atoms with Crippen LogP contribution < -0.4 is 11.0 Å². The van der Waals surface area contributed by atoms with Crippen molar-refractivity contribution in [3.05, 3.63) is 32.7 Å². The van der Waals surface area contributed by atoms with Gasteiger partial charge in [-0.2, -0.15) is 0 Å². The van der Waals surface area contributed by atoms with Crippen LogP contribution in [0.4, 0.5) is 0 Å². The fraction of sp³-hybridized carbons (Fsp3) is 0.500. The Morgan fingerprint density at radius 3 is 2.42 bits per heavy atom. The summed E-state index contributed by atoms with van der Waals surface area (Å²) in [7, 11) is 1.97. The molecule has 0 saturated carbocycles. The molecule has 0 bridgehead atoms. The lowest BCUT2D eigenvalue weighted by molar-refractivity contribution is 0.245. The summed E-state index contributed by atoms with van der Waals surface area (Å²) in [5.74, 6) is 0. The van der Waals surface area contributed by atoms with Crippen molar-refractivity contribution in [1.29, 1.82) is 0 Å². The number of hydrogen-bond acceptors (Lipinski definition) is 2. The van der Waals surface area contributed by atoms with E-state index in [1.165, 1.54) is 0 Å². The molecule has 104 valence electrons. The van der Waals surface area contributed by atoms with Crippen molar-refractivity contribution in [3.8, 4) is 0 Å². The van der Waals surface area contributed by atoms with Crippen molar-refractivity contribution >= 4 is 27.0 Å². The second kappa shape index (κ2) is 5.13. The monoisotopic (exact) mass is 325 g/mol. The fourth-order valence-electron chi connectivity index (χ4n) is 2.47. The first-order valence-electron chi connectivity index (χ1n) is 6.47. The van der Waals surface area contributed by atoms with Gasteiger partial charge in [-0.15, -0.1) is 0 Å². The van der Waals surface area contributed by atoms with Crippen LogP contribution in [0.25, 0.3) is 11.0 Å². The SMILES string of the molecule is CCC(C)(C)C(NC)c1cc2[nH]c(=O)[nH]c2cc1Br. The average molecular weight is 326 g/mol. The van der Waals surface area contributed by atoms with Crippen LogP contribution in [0.15, 0.2) is 21.4 Å². The Labute approximate surface area is 121 Å². The van der Waals surface area contributed by atoms with Gasteiger partial charge >= 0.3 is 5.69 Å². The van der Waals surface area contributed by atoms with E-state index in [1.807, 2.05) is 19.2 Å². The molecule has 19 heavy (non-hydrogen) atoms. The zero-order valence-electron chi connectivity index (χ0n) is 11.7. The normalized spacial score (nSPS) is 13.9. The van der Waals surface area contributed by atoms with Crippen molar-refractivity contribution in [2.45, 2.75) is 33.2 Å². The molecule has 0 aliphatic rings. The number of hydrogen-bond donors (Lipinski definition) is 3. The fourth-order valence-corrected chi connectivity index (χ4v) is 3.04. The maximum atomic E-state index is 11.4. The molecule has 0 spiro atoms. The van der Waals surface area contributed by atoms with Crippen LogP contribution in [0, 0.1) is 5.41 Å². The summed E-state index contributed by atoms with van der Waals surface area (Å²) >= 11 is 3.61. The molecule has 0 fully saturated rings. The number of halogens is 1. The van der Waals surface area contributed by atoms with E-state index < -0.39 is 0 Å². The van der Waals surface area contributed by atoms with Crippen LogP contribution in [0.1, 0.15) is 38.8 Å². The Morgan fingerprint density at radius 2 is 1.89 bits per heavy atom. The topological polar surface area (TPSA) is 60.7 Å². The van der Waals surface area contributed by atoms with Crippen molar-refractivity contribution in [2.24, 2.45) is 5.41 Å². The van der Waals surface area contributed by atoms with Crippen LogP contribution in [0.3, 0.4) is 0 Å². The van der Waals surface area contributed by atoms with E-state index in [0.717, 1.165) is 27.5 Å². The smallest absolute Gasteiger partial charge is 0.313 e. The molecule has 3 N–H and O–H groups in total.